The minimum atomic E-state index is -0.428. The smallest absolute Gasteiger partial charge is 0.251 e. The van der Waals surface area contributed by atoms with E-state index < -0.39 is 5.91 Å². The highest BCUT2D eigenvalue weighted by molar-refractivity contribution is 6.02. The van der Waals surface area contributed by atoms with Crippen LogP contribution in [-0.2, 0) is 0 Å². The zero-order valence-electron chi connectivity index (χ0n) is 11.8. The van der Waals surface area contributed by atoms with Crippen molar-refractivity contribution in [1.29, 1.82) is 0 Å². The van der Waals surface area contributed by atoms with Crippen molar-refractivity contribution < 1.29 is 4.79 Å². The first-order valence-electron chi connectivity index (χ1n) is 6.45. The second kappa shape index (κ2) is 5.22. The molecule has 0 saturated carbocycles. The van der Waals surface area contributed by atoms with Crippen LogP contribution in [0, 0.1) is 13.5 Å². The molecule has 1 aromatic heterocycles. The molecule has 1 aromatic carbocycles. The summed E-state index contributed by atoms with van der Waals surface area (Å²) in [6.45, 7) is 12.9. The van der Waals surface area contributed by atoms with E-state index >= 15 is 0 Å². The fourth-order valence-electron chi connectivity index (χ4n) is 2.40. The molecule has 0 bridgehead atoms. The lowest BCUT2D eigenvalue weighted by Gasteiger charge is -2.07. The van der Waals surface area contributed by atoms with Crippen molar-refractivity contribution in [3.05, 3.63) is 52.6 Å². The number of nitrogens with two attached hydrogens (primary N) is 1. The van der Waals surface area contributed by atoms with Crippen LogP contribution in [0.5, 0.6) is 0 Å². The Morgan fingerprint density at radius 3 is 2.35 bits per heavy atom. The Hall–Kier alpha value is -2.54. The van der Waals surface area contributed by atoms with Crippen LogP contribution in [0.15, 0.2) is 24.3 Å². The monoisotopic (exact) mass is 267 g/mol. The van der Waals surface area contributed by atoms with Gasteiger partial charge in [-0.2, -0.15) is 0 Å². The molecule has 0 unspecified atom stereocenters. The topological polar surface area (TPSA) is 63.2 Å². The summed E-state index contributed by atoms with van der Waals surface area (Å²) in [4.78, 5) is 18.4. The summed E-state index contributed by atoms with van der Waals surface area (Å²) in [6.07, 6.45) is 0. The fourth-order valence-corrected chi connectivity index (χ4v) is 2.40. The van der Waals surface area contributed by atoms with E-state index in [4.69, 9.17) is 12.3 Å². The van der Waals surface area contributed by atoms with Gasteiger partial charge in [0.25, 0.3) is 5.91 Å². The van der Waals surface area contributed by atoms with E-state index in [0.29, 0.717) is 11.3 Å². The minimum Gasteiger partial charge on any atom is -0.366 e. The van der Waals surface area contributed by atoms with Crippen molar-refractivity contribution in [3.8, 4) is 11.1 Å². The first-order valence-corrected chi connectivity index (χ1v) is 6.45. The fraction of sp³-hybridized carbons (Fsp3) is 0.250. The number of nitrogens with one attached hydrogen (secondary N) is 1. The SMILES string of the molecule is [C-]#[N+]c1ccc(-c2c(C)[nH]c(C(C)C)c2C(N)=O)cc1. The Morgan fingerprint density at radius 2 is 1.90 bits per heavy atom. The van der Waals surface area contributed by atoms with Gasteiger partial charge in [-0.25, -0.2) is 4.85 Å². The number of carbonyl (C=O) groups is 1. The molecule has 0 aliphatic carbocycles. The van der Waals surface area contributed by atoms with Gasteiger partial charge in [0.1, 0.15) is 0 Å². The molecule has 0 atom stereocenters. The van der Waals surface area contributed by atoms with E-state index in [9.17, 15) is 4.79 Å². The molecule has 0 saturated heterocycles. The van der Waals surface area contributed by atoms with Gasteiger partial charge < -0.3 is 10.7 Å². The van der Waals surface area contributed by atoms with Crippen molar-refractivity contribution in [2.24, 2.45) is 5.73 Å². The van der Waals surface area contributed by atoms with E-state index in [-0.39, 0.29) is 5.92 Å². The molecule has 0 radical (unpaired) electrons. The summed E-state index contributed by atoms with van der Waals surface area (Å²) in [6, 6.07) is 7.18. The highest BCUT2D eigenvalue weighted by atomic mass is 16.1. The highest BCUT2D eigenvalue weighted by Crippen LogP contribution is 2.33. The minimum absolute atomic E-state index is 0.187. The Bertz CT molecular complexity index is 688. The van der Waals surface area contributed by atoms with Crippen LogP contribution < -0.4 is 5.73 Å². The third-order valence-electron chi connectivity index (χ3n) is 3.33. The molecule has 2 rings (SSSR count). The number of rotatable bonds is 3. The average molecular weight is 267 g/mol. The number of hydrogen-bond donors (Lipinski definition) is 2. The lowest BCUT2D eigenvalue weighted by Crippen LogP contribution is -2.14. The summed E-state index contributed by atoms with van der Waals surface area (Å²) >= 11 is 0. The number of H-pyrrole nitrogens is 1. The quantitative estimate of drug-likeness (QED) is 0.817. The summed E-state index contributed by atoms with van der Waals surface area (Å²) in [7, 11) is 0. The number of primary amides is 1. The summed E-state index contributed by atoms with van der Waals surface area (Å²) < 4.78 is 0. The maximum absolute atomic E-state index is 11.8. The summed E-state index contributed by atoms with van der Waals surface area (Å²) in [5, 5.41) is 0. The Labute approximate surface area is 118 Å². The molecule has 4 nitrogen and oxygen atoms in total. The third-order valence-corrected chi connectivity index (χ3v) is 3.33. The van der Waals surface area contributed by atoms with Gasteiger partial charge in [0.05, 0.1) is 12.1 Å². The van der Waals surface area contributed by atoms with Gasteiger partial charge in [-0.1, -0.05) is 38.1 Å². The maximum Gasteiger partial charge on any atom is 0.251 e. The van der Waals surface area contributed by atoms with Crippen LogP contribution in [-0.4, -0.2) is 10.9 Å². The van der Waals surface area contributed by atoms with Gasteiger partial charge in [-0.3, -0.25) is 4.79 Å². The molecule has 2 aromatic rings. The molecule has 1 heterocycles. The van der Waals surface area contributed by atoms with Gasteiger partial charge in [0.2, 0.25) is 0 Å². The van der Waals surface area contributed by atoms with Crippen LogP contribution >= 0.6 is 0 Å². The van der Waals surface area contributed by atoms with Crippen molar-refractivity contribution in [1.82, 2.24) is 4.98 Å². The highest BCUT2D eigenvalue weighted by Gasteiger charge is 2.22. The van der Waals surface area contributed by atoms with Crippen molar-refractivity contribution in [3.63, 3.8) is 0 Å². The molecular weight excluding hydrogens is 250 g/mol. The van der Waals surface area contributed by atoms with Crippen LogP contribution in [0.1, 0.15) is 41.5 Å². The standard InChI is InChI=1S/C16H17N3O/c1-9(2)15-14(16(17)20)13(10(3)19-15)11-5-7-12(18-4)8-6-11/h5-9,19H,1-3H3,(H2,17,20). The second-order valence-corrected chi connectivity index (χ2v) is 5.09. The number of benzene rings is 1. The van der Waals surface area contributed by atoms with E-state index in [1.54, 1.807) is 12.1 Å². The second-order valence-electron chi connectivity index (χ2n) is 5.09. The van der Waals surface area contributed by atoms with E-state index in [0.717, 1.165) is 22.5 Å². The Kier molecular flexibility index (Phi) is 3.62. The number of aromatic nitrogens is 1. The number of nitrogens with zero attached hydrogens (tertiary/aromatic N) is 1. The molecule has 102 valence electrons. The molecule has 20 heavy (non-hydrogen) atoms. The van der Waals surface area contributed by atoms with Gasteiger partial charge in [0.15, 0.2) is 5.69 Å². The van der Waals surface area contributed by atoms with Crippen molar-refractivity contribution >= 4 is 11.6 Å². The predicted octanol–water partition coefficient (Wildman–Crippen LogP) is 3.76. The number of aromatic amines is 1. The maximum atomic E-state index is 11.8. The number of aryl methyl sites for hydroxylation is 1. The first-order chi connectivity index (χ1) is 9.45. The lowest BCUT2D eigenvalue weighted by atomic mass is 9.96. The lowest BCUT2D eigenvalue weighted by molar-refractivity contribution is 0.1000. The molecule has 0 aliphatic heterocycles. The van der Waals surface area contributed by atoms with Crippen LogP contribution in [0.2, 0.25) is 0 Å². The zero-order chi connectivity index (χ0) is 14.9. The van der Waals surface area contributed by atoms with Crippen molar-refractivity contribution in [2.75, 3.05) is 0 Å². The predicted molar refractivity (Wildman–Crippen MR) is 79.8 cm³/mol. The van der Waals surface area contributed by atoms with Gasteiger partial charge >= 0.3 is 0 Å². The van der Waals surface area contributed by atoms with Gasteiger partial charge in [0, 0.05) is 17.0 Å². The Morgan fingerprint density at radius 1 is 1.30 bits per heavy atom. The zero-order valence-corrected chi connectivity index (χ0v) is 11.8. The molecular formula is C16H17N3O. The number of amides is 1. The summed E-state index contributed by atoms with van der Waals surface area (Å²) in [5.41, 5.74) is 10.2. The Balaban J connectivity index is 2.66. The molecule has 0 fully saturated rings. The molecule has 1 amide bonds. The molecule has 3 N–H and O–H groups in total. The van der Waals surface area contributed by atoms with Gasteiger partial charge in [-0.15, -0.1) is 0 Å². The molecule has 0 aliphatic rings. The number of hydrogen-bond acceptors (Lipinski definition) is 1. The first kappa shape index (κ1) is 13.9. The van der Waals surface area contributed by atoms with E-state index in [1.807, 2.05) is 32.9 Å². The average Bonchev–Trinajstić information content (AvgIpc) is 2.77. The van der Waals surface area contributed by atoms with E-state index in [1.165, 1.54) is 0 Å². The van der Waals surface area contributed by atoms with Gasteiger partial charge in [-0.05, 0) is 18.4 Å². The number of carbonyl (C=O) groups excluding carboxylic acids is 1. The third kappa shape index (κ3) is 2.30. The van der Waals surface area contributed by atoms with Crippen molar-refractivity contribution in [2.45, 2.75) is 26.7 Å². The summed E-state index contributed by atoms with van der Waals surface area (Å²) in [5.74, 6) is -0.241. The van der Waals surface area contributed by atoms with Crippen LogP contribution in [0.3, 0.4) is 0 Å². The van der Waals surface area contributed by atoms with E-state index in [2.05, 4.69) is 9.83 Å². The van der Waals surface area contributed by atoms with Crippen LogP contribution in [0.4, 0.5) is 5.69 Å². The molecule has 4 heteroatoms. The molecule has 0 spiro atoms. The normalized spacial score (nSPS) is 10.6. The largest absolute Gasteiger partial charge is 0.366 e. The van der Waals surface area contributed by atoms with Crippen LogP contribution in [0.25, 0.3) is 16.0 Å².